The van der Waals surface area contributed by atoms with Gasteiger partial charge in [0, 0.05) is 6.42 Å². The van der Waals surface area contributed by atoms with Crippen LogP contribution < -0.4 is 5.32 Å². The number of halogens is 2. The highest BCUT2D eigenvalue weighted by molar-refractivity contribution is 6.42. The summed E-state index contributed by atoms with van der Waals surface area (Å²) < 4.78 is 5.23. The minimum absolute atomic E-state index is 0.0606. The number of carbonyl (C=O) groups excluding carboxylic acids is 1. The highest BCUT2D eigenvalue weighted by Gasteiger charge is 2.23. The Kier molecular flexibility index (Phi) is 4.15. The Hall–Kier alpha value is -1.19. The van der Waals surface area contributed by atoms with Gasteiger partial charge in [-0.15, -0.1) is 0 Å². The lowest BCUT2D eigenvalue weighted by Crippen LogP contribution is -2.39. The van der Waals surface area contributed by atoms with Crippen LogP contribution in [0.2, 0.25) is 10.0 Å². The standard InChI is InChI=1S/C13H13Cl2NO2/c1-8-4-10(18-8)7-16-13(17)6-9-2-3-11(14)12(15)5-9/h2-3,5,10H,1,4,6-7H2,(H,16,17). The molecule has 0 aliphatic carbocycles. The van der Waals surface area contributed by atoms with Crippen molar-refractivity contribution in [3.63, 3.8) is 0 Å². The monoisotopic (exact) mass is 285 g/mol. The van der Waals surface area contributed by atoms with E-state index in [1.165, 1.54) is 0 Å². The molecule has 5 heteroatoms. The van der Waals surface area contributed by atoms with Crippen LogP contribution in [0.3, 0.4) is 0 Å². The largest absolute Gasteiger partial charge is 0.493 e. The maximum atomic E-state index is 11.7. The molecule has 96 valence electrons. The van der Waals surface area contributed by atoms with E-state index in [1.54, 1.807) is 18.2 Å². The van der Waals surface area contributed by atoms with Crippen LogP contribution in [0, 0.1) is 0 Å². The van der Waals surface area contributed by atoms with Crippen LogP contribution in [0.15, 0.2) is 30.5 Å². The zero-order valence-corrected chi connectivity index (χ0v) is 11.2. The molecule has 0 bridgehead atoms. The van der Waals surface area contributed by atoms with Crippen molar-refractivity contribution in [3.8, 4) is 0 Å². The molecule has 1 unspecified atom stereocenters. The second-order valence-electron chi connectivity index (χ2n) is 4.21. The summed E-state index contributed by atoms with van der Waals surface area (Å²) in [7, 11) is 0. The van der Waals surface area contributed by atoms with Crippen molar-refractivity contribution >= 4 is 29.1 Å². The summed E-state index contributed by atoms with van der Waals surface area (Å²) in [4.78, 5) is 11.7. The van der Waals surface area contributed by atoms with E-state index in [-0.39, 0.29) is 18.4 Å². The normalized spacial score (nSPS) is 17.9. The van der Waals surface area contributed by atoms with Crippen LogP contribution in [0.1, 0.15) is 12.0 Å². The molecule has 1 aliphatic heterocycles. The lowest BCUT2D eigenvalue weighted by Gasteiger charge is -2.29. The van der Waals surface area contributed by atoms with Crippen molar-refractivity contribution in [3.05, 3.63) is 46.1 Å². The number of nitrogens with one attached hydrogen (secondary N) is 1. The van der Waals surface area contributed by atoms with Crippen molar-refractivity contribution in [1.82, 2.24) is 5.32 Å². The van der Waals surface area contributed by atoms with E-state index < -0.39 is 0 Å². The molecule has 0 aromatic heterocycles. The van der Waals surface area contributed by atoms with Gasteiger partial charge >= 0.3 is 0 Å². The van der Waals surface area contributed by atoms with Gasteiger partial charge in [-0.2, -0.15) is 0 Å². The van der Waals surface area contributed by atoms with Gasteiger partial charge in [0.2, 0.25) is 5.91 Å². The van der Waals surface area contributed by atoms with E-state index in [0.717, 1.165) is 17.7 Å². The number of benzene rings is 1. The van der Waals surface area contributed by atoms with Crippen LogP contribution in [0.4, 0.5) is 0 Å². The summed E-state index contributed by atoms with van der Waals surface area (Å²) in [6.45, 7) is 4.17. The van der Waals surface area contributed by atoms with Gasteiger partial charge in [0.05, 0.1) is 28.8 Å². The average Bonchev–Trinajstić information content (AvgIpc) is 2.28. The summed E-state index contributed by atoms with van der Waals surface area (Å²) in [5.41, 5.74) is 0.834. The average molecular weight is 286 g/mol. The first kappa shape index (κ1) is 13.2. The lowest BCUT2D eigenvalue weighted by molar-refractivity contribution is -0.121. The zero-order chi connectivity index (χ0) is 13.1. The van der Waals surface area contributed by atoms with Gasteiger partial charge in [-0.05, 0) is 17.7 Å². The molecule has 1 N–H and O–H groups in total. The highest BCUT2D eigenvalue weighted by Crippen LogP contribution is 2.23. The van der Waals surface area contributed by atoms with Gasteiger partial charge in [-0.25, -0.2) is 0 Å². The van der Waals surface area contributed by atoms with Crippen LogP contribution in [-0.4, -0.2) is 18.6 Å². The first-order valence-corrected chi connectivity index (χ1v) is 6.35. The summed E-state index contributed by atoms with van der Waals surface area (Å²) in [6, 6.07) is 5.17. The molecule has 0 radical (unpaired) electrons. The number of rotatable bonds is 4. The van der Waals surface area contributed by atoms with Gasteiger partial charge in [-0.3, -0.25) is 4.79 Å². The van der Waals surface area contributed by atoms with Crippen LogP contribution in [-0.2, 0) is 16.0 Å². The fourth-order valence-corrected chi connectivity index (χ4v) is 2.04. The topological polar surface area (TPSA) is 38.3 Å². The SMILES string of the molecule is C=C1CC(CNC(=O)Cc2ccc(Cl)c(Cl)c2)O1. The highest BCUT2D eigenvalue weighted by atomic mass is 35.5. The molecule has 1 aromatic rings. The van der Waals surface area contributed by atoms with E-state index in [2.05, 4.69) is 11.9 Å². The molecular weight excluding hydrogens is 273 g/mol. The number of amides is 1. The van der Waals surface area contributed by atoms with Gasteiger partial charge in [-0.1, -0.05) is 35.8 Å². The van der Waals surface area contributed by atoms with Crippen LogP contribution in [0.5, 0.6) is 0 Å². The van der Waals surface area contributed by atoms with Crippen molar-refractivity contribution in [2.45, 2.75) is 18.9 Å². The Morgan fingerprint density at radius 3 is 2.78 bits per heavy atom. The molecule has 1 saturated heterocycles. The van der Waals surface area contributed by atoms with E-state index in [4.69, 9.17) is 27.9 Å². The second-order valence-corrected chi connectivity index (χ2v) is 5.03. The van der Waals surface area contributed by atoms with E-state index >= 15 is 0 Å². The zero-order valence-electron chi connectivity index (χ0n) is 9.71. The third kappa shape index (κ3) is 3.40. The molecule has 0 spiro atoms. The summed E-state index contributed by atoms with van der Waals surface area (Å²) in [6.07, 6.45) is 1.16. The van der Waals surface area contributed by atoms with Gasteiger partial charge < -0.3 is 10.1 Å². The molecular formula is C13H13Cl2NO2. The first-order valence-electron chi connectivity index (χ1n) is 5.59. The predicted octanol–water partition coefficient (Wildman–Crippen LogP) is 2.95. The van der Waals surface area contributed by atoms with Crippen molar-refractivity contribution in [2.24, 2.45) is 0 Å². The summed E-state index contributed by atoms with van der Waals surface area (Å²) >= 11 is 11.7. The molecule has 1 heterocycles. The quantitative estimate of drug-likeness (QED) is 0.924. The maximum absolute atomic E-state index is 11.7. The minimum atomic E-state index is -0.0606. The smallest absolute Gasteiger partial charge is 0.224 e. The van der Waals surface area contributed by atoms with Gasteiger partial charge in [0.25, 0.3) is 0 Å². The third-order valence-corrected chi connectivity index (χ3v) is 3.40. The van der Waals surface area contributed by atoms with Crippen molar-refractivity contribution < 1.29 is 9.53 Å². The minimum Gasteiger partial charge on any atom is -0.493 e. The number of ether oxygens (including phenoxy) is 1. The Morgan fingerprint density at radius 2 is 2.17 bits per heavy atom. The molecule has 18 heavy (non-hydrogen) atoms. The fraction of sp³-hybridized carbons (Fsp3) is 0.308. The molecule has 2 rings (SSSR count). The number of carbonyl (C=O) groups is 1. The van der Waals surface area contributed by atoms with Gasteiger partial charge in [0.1, 0.15) is 6.10 Å². The molecule has 1 aliphatic rings. The van der Waals surface area contributed by atoms with Crippen molar-refractivity contribution in [1.29, 1.82) is 0 Å². The van der Waals surface area contributed by atoms with E-state index in [1.807, 2.05) is 0 Å². The Balaban J connectivity index is 1.79. The van der Waals surface area contributed by atoms with Crippen LogP contribution in [0.25, 0.3) is 0 Å². The third-order valence-electron chi connectivity index (χ3n) is 2.66. The fourth-order valence-electron chi connectivity index (χ4n) is 1.72. The molecule has 1 aromatic carbocycles. The van der Waals surface area contributed by atoms with Crippen LogP contribution >= 0.6 is 23.2 Å². The Morgan fingerprint density at radius 1 is 1.44 bits per heavy atom. The molecule has 1 fully saturated rings. The Bertz CT molecular complexity index is 480. The molecule has 0 saturated carbocycles. The predicted molar refractivity (Wildman–Crippen MR) is 71.8 cm³/mol. The number of hydrogen-bond acceptors (Lipinski definition) is 2. The second kappa shape index (κ2) is 5.63. The van der Waals surface area contributed by atoms with E-state index in [0.29, 0.717) is 16.6 Å². The Labute approximate surface area is 116 Å². The van der Waals surface area contributed by atoms with E-state index in [9.17, 15) is 4.79 Å². The first-order chi connectivity index (χ1) is 8.54. The molecule has 3 nitrogen and oxygen atoms in total. The molecule has 1 amide bonds. The number of hydrogen-bond donors (Lipinski definition) is 1. The van der Waals surface area contributed by atoms with Crippen molar-refractivity contribution in [2.75, 3.05) is 6.54 Å². The molecule has 1 atom stereocenters. The summed E-state index contributed by atoms with van der Waals surface area (Å²) in [5, 5.41) is 3.75. The lowest BCUT2D eigenvalue weighted by atomic mass is 10.1. The maximum Gasteiger partial charge on any atom is 0.224 e. The summed E-state index contributed by atoms with van der Waals surface area (Å²) in [5.74, 6) is 0.716. The van der Waals surface area contributed by atoms with Gasteiger partial charge in [0.15, 0.2) is 0 Å².